The van der Waals surface area contributed by atoms with Crippen molar-refractivity contribution in [2.75, 3.05) is 7.11 Å². The van der Waals surface area contributed by atoms with Crippen LogP contribution in [0.25, 0.3) is 10.8 Å². The number of benzene rings is 2. The lowest BCUT2D eigenvalue weighted by Crippen LogP contribution is -2.48. The van der Waals surface area contributed by atoms with E-state index in [4.69, 9.17) is 4.74 Å². The second kappa shape index (κ2) is 4.50. The molecule has 4 aliphatic rings. The largest absolute Gasteiger partial charge is 0.497 e. The van der Waals surface area contributed by atoms with E-state index in [2.05, 4.69) is 36.4 Å². The number of rotatable bonds is 2. The van der Waals surface area contributed by atoms with E-state index in [0.29, 0.717) is 5.41 Å². The van der Waals surface area contributed by atoms with Gasteiger partial charge in [-0.15, -0.1) is 0 Å². The summed E-state index contributed by atoms with van der Waals surface area (Å²) in [5.74, 6) is 3.91. The Morgan fingerprint density at radius 3 is 2.32 bits per heavy atom. The fourth-order valence-corrected chi connectivity index (χ4v) is 6.19. The molecule has 113 valence electrons. The van der Waals surface area contributed by atoms with Gasteiger partial charge in [0, 0.05) is 0 Å². The summed E-state index contributed by atoms with van der Waals surface area (Å²) >= 11 is 0. The lowest BCUT2D eigenvalue weighted by Gasteiger charge is -2.57. The topological polar surface area (TPSA) is 9.23 Å². The van der Waals surface area contributed by atoms with Crippen molar-refractivity contribution in [3.05, 3.63) is 42.0 Å². The first kappa shape index (κ1) is 13.0. The summed E-state index contributed by atoms with van der Waals surface area (Å²) in [6.07, 6.45) is 8.71. The van der Waals surface area contributed by atoms with Gasteiger partial charge in [0.05, 0.1) is 7.11 Å². The van der Waals surface area contributed by atoms with E-state index in [0.717, 1.165) is 23.5 Å². The fraction of sp³-hybridized carbons (Fsp3) is 0.524. The van der Waals surface area contributed by atoms with Gasteiger partial charge in [-0.3, -0.25) is 0 Å². The molecule has 4 bridgehead atoms. The van der Waals surface area contributed by atoms with Crippen LogP contribution in [0.5, 0.6) is 5.75 Å². The Labute approximate surface area is 132 Å². The minimum absolute atomic E-state index is 0.428. The quantitative estimate of drug-likeness (QED) is 0.746. The predicted octanol–water partition coefficient (Wildman–Crippen LogP) is 5.12. The summed E-state index contributed by atoms with van der Waals surface area (Å²) in [4.78, 5) is 0. The zero-order valence-electron chi connectivity index (χ0n) is 13.3. The van der Waals surface area contributed by atoms with E-state index >= 15 is 0 Å². The maximum atomic E-state index is 5.49. The smallest absolute Gasteiger partial charge is 0.119 e. The molecule has 2 aromatic carbocycles. The van der Waals surface area contributed by atoms with Crippen LogP contribution in [0.4, 0.5) is 0 Å². The molecule has 0 atom stereocenters. The van der Waals surface area contributed by atoms with E-state index in [1.807, 2.05) is 0 Å². The zero-order chi connectivity index (χ0) is 14.7. The Kier molecular flexibility index (Phi) is 2.66. The van der Waals surface area contributed by atoms with E-state index in [1.54, 1.807) is 12.7 Å². The maximum absolute atomic E-state index is 5.49. The average molecular weight is 291 g/mol. The molecule has 1 nitrogen and oxygen atoms in total. The van der Waals surface area contributed by atoms with E-state index in [1.165, 1.54) is 49.3 Å². The van der Waals surface area contributed by atoms with Crippen LogP contribution in [0.15, 0.2) is 30.3 Å². The summed E-state index contributed by atoms with van der Waals surface area (Å²) < 4.78 is 5.49. The predicted molar refractivity (Wildman–Crippen MR) is 89.2 cm³/mol. The lowest BCUT2D eigenvalue weighted by atomic mass is 9.48. The minimum atomic E-state index is 0.428. The number of hydrogen-bond acceptors (Lipinski definition) is 1. The molecule has 1 heteroatoms. The van der Waals surface area contributed by atoms with Crippen LogP contribution in [0.2, 0.25) is 0 Å². The second-order valence-corrected chi connectivity index (χ2v) is 8.02. The summed E-state index contributed by atoms with van der Waals surface area (Å²) in [6.45, 7) is 0. The molecule has 0 amide bonds. The Hall–Kier alpha value is -1.50. The molecule has 0 unspecified atom stereocenters. The van der Waals surface area contributed by atoms with Crippen molar-refractivity contribution in [2.24, 2.45) is 17.8 Å². The van der Waals surface area contributed by atoms with Gasteiger partial charge in [0.1, 0.15) is 5.75 Å². The monoisotopic (exact) mass is 291 g/mol. The molecule has 0 spiro atoms. The van der Waals surface area contributed by atoms with Crippen molar-refractivity contribution < 1.29 is 4.74 Å². The van der Waals surface area contributed by atoms with Crippen molar-refractivity contribution in [1.82, 2.24) is 0 Å². The normalized spacial score (nSPS) is 36.0. The van der Waals surface area contributed by atoms with E-state index < -0.39 is 0 Å². The first-order chi connectivity index (χ1) is 10.8. The molecule has 4 saturated carbocycles. The number of hydrogen-bond donors (Lipinski definition) is 0. The number of fused-ring (bicyclic) bond motifs is 1. The van der Waals surface area contributed by atoms with Gasteiger partial charge in [-0.1, -0.05) is 6.07 Å². The third-order valence-corrected chi connectivity index (χ3v) is 6.63. The highest BCUT2D eigenvalue weighted by Gasteiger charge is 2.51. The lowest BCUT2D eigenvalue weighted by molar-refractivity contribution is -0.00450. The standard InChI is InChI=1S/C21H23O/c1-22-18-6-5-17-3-2-4-20(19(17)10-18)21-11-14-7-15(12-21)9-16(8-14)13-21/h3-6,10,14-16H,7-9,11-13H2,1H3. The highest BCUT2D eigenvalue weighted by molar-refractivity contribution is 5.88. The molecule has 0 heterocycles. The Balaban J connectivity index is 1.70. The molecule has 0 N–H and O–H groups in total. The van der Waals surface area contributed by atoms with Crippen LogP contribution >= 0.6 is 0 Å². The molecule has 0 saturated heterocycles. The van der Waals surface area contributed by atoms with Crippen LogP contribution in [0.3, 0.4) is 0 Å². The number of ether oxygens (including phenoxy) is 1. The fourth-order valence-electron chi connectivity index (χ4n) is 6.19. The number of methoxy groups -OCH3 is 1. The Morgan fingerprint density at radius 2 is 1.68 bits per heavy atom. The van der Waals surface area contributed by atoms with Gasteiger partial charge < -0.3 is 4.74 Å². The SMILES string of the molecule is COc1ccc2c[c]cc(C34CC5CC(CC(C5)C3)C4)c2c1. The summed E-state index contributed by atoms with van der Waals surface area (Å²) in [5, 5.41) is 2.72. The van der Waals surface area contributed by atoms with Crippen molar-refractivity contribution in [3.63, 3.8) is 0 Å². The van der Waals surface area contributed by atoms with Gasteiger partial charge in [0.25, 0.3) is 0 Å². The summed E-state index contributed by atoms with van der Waals surface area (Å²) in [6, 6.07) is 14.3. The zero-order valence-corrected chi connectivity index (χ0v) is 13.3. The van der Waals surface area contributed by atoms with Crippen LogP contribution in [0.1, 0.15) is 44.1 Å². The van der Waals surface area contributed by atoms with Gasteiger partial charge in [-0.25, -0.2) is 0 Å². The van der Waals surface area contributed by atoms with Crippen LogP contribution in [-0.2, 0) is 5.41 Å². The first-order valence-corrected chi connectivity index (χ1v) is 8.74. The van der Waals surface area contributed by atoms with Crippen LogP contribution in [-0.4, -0.2) is 7.11 Å². The van der Waals surface area contributed by atoms with Gasteiger partial charge in [0.2, 0.25) is 0 Å². The molecular weight excluding hydrogens is 268 g/mol. The summed E-state index contributed by atoms with van der Waals surface area (Å²) in [5.41, 5.74) is 1.99. The van der Waals surface area contributed by atoms with Crippen LogP contribution in [0, 0.1) is 23.8 Å². The van der Waals surface area contributed by atoms with Gasteiger partial charge in [-0.2, -0.15) is 0 Å². The van der Waals surface area contributed by atoms with Crippen molar-refractivity contribution in [3.8, 4) is 5.75 Å². The molecule has 1 radical (unpaired) electrons. The first-order valence-electron chi connectivity index (χ1n) is 8.74. The van der Waals surface area contributed by atoms with Crippen molar-refractivity contribution >= 4 is 10.8 Å². The Bertz CT molecular complexity index is 694. The minimum Gasteiger partial charge on any atom is -0.497 e. The van der Waals surface area contributed by atoms with Crippen LogP contribution < -0.4 is 4.74 Å². The molecule has 4 fully saturated rings. The van der Waals surface area contributed by atoms with E-state index in [-0.39, 0.29) is 0 Å². The molecule has 0 aliphatic heterocycles. The molecule has 6 rings (SSSR count). The summed E-state index contributed by atoms with van der Waals surface area (Å²) in [7, 11) is 1.76. The average Bonchev–Trinajstić information content (AvgIpc) is 2.52. The van der Waals surface area contributed by atoms with E-state index in [9.17, 15) is 0 Å². The van der Waals surface area contributed by atoms with Gasteiger partial charge in [0.15, 0.2) is 0 Å². The third kappa shape index (κ3) is 1.77. The van der Waals surface area contributed by atoms with Crippen molar-refractivity contribution in [2.45, 2.75) is 43.9 Å². The molecular formula is C21H23O. The highest BCUT2D eigenvalue weighted by Crippen LogP contribution is 2.61. The molecule has 2 aromatic rings. The van der Waals surface area contributed by atoms with Gasteiger partial charge >= 0.3 is 0 Å². The second-order valence-electron chi connectivity index (χ2n) is 8.02. The molecule has 0 aromatic heterocycles. The van der Waals surface area contributed by atoms with Gasteiger partial charge in [-0.05, 0) is 108 Å². The highest BCUT2D eigenvalue weighted by atomic mass is 16.5. The third-order valence-electron chi connectivity index (χ3n) is 6.63. The molecule has 22 heavy (non-hydrogen) atoms. The van der Waals surface area contributed by atoms with Crippen molar-refractivity contribution in [1.29, 1.82) is 0 Å². The Morgan fingerprint density at radius 1 is 1.00 bits per heavy atom. The molecule has 4 aliphatic carbocycles. The maximum Gasteiger partial charge on any atom is 0.119 e.